The van der Waals surface area contributed by atoms with Gasteiger partial charge in [0.1, 0.15) is 5.60 Å². The highest BCUT2D eigenvalue weighted by atomic mass is 35.5. The second kappa shape index (κ2) is 9.71. The topological polar surface area (TPSA) is 59.1 Å². The molecule has 1 aliphatic heterocycles. The summed E-state index contributed by atoms with van der Waals surface area (Å²) in [7, 11) is 1.39. The van der Waals surface area contributed by atoms with Gasteiger partial charge in [-0.05, 0) is 55.7 Å². The molecule has 0 unspecified atom stereocenters. The van der Waals surface area contributed by atoms with Gasteiger partial charge in [-0.3, -0.25) is 4.90 Å². The summed E-state index contributed by atoms with van der Waals surface area (Å²) in [4.78, 5) is 28.7. The van der Waals surface area contributed by atoms with Crippen LogP contribution in [0.4, 0.5) is 4.79 Å². The molecule has 0 aliphatic carbocycles. The lowest BCUT2D eigenvalue weighted by Crippen LogP contribution is -2.49. The summed E-state index contributed by atoms with van der Waals surface area (Å²) in [5, 5.41) is 0.644. The monoisotopic (exact) mass is 444 g/mol. The van der Waals surface area contributed by atoms with Crippen molar-refractivity contribution in [3.8, 4) is 11.1 Å². The maximum absolute atomic E-state index is 12.4. The van der Waals surface area contributed by atoms with Crippen LogP contribution < -0.4 is 0 Å². The fourth-order valence-electron chi connectivity index (χ4n) is 3.52. The highest BCUT2D eigenvalue weighted by Gasteiger charge is 2.26. The summed E-state index contributed by atoms with van der Waals surface area (Å²) in [6, 6.07) is 13.2. The highest BCUT2D eigenvalue weighted by molar-refractivity contribution is 6.30. The van der Waals surface area contributed by atoms with Crippen LogP contribution in [0.3, 0.4) is 0 Å². The fourth-order valence-corrected chi connectivity index (χ4v) is 3.65. The Bertz CT molecular complexity index is 930. The molecular formula is C24H29ClN2O4. The summed E-state index contributed by atoms with van der Waals surface area (Å²) in [6.07, 6.45) is -0.271. The van der Waals surface area contributed by atoms with E-state index >= 15 is 0 Å². The van der Waals surface area contributed by atoms with Gasteiger partial charge in [0.05, 0.1) is 12.7 Å². The fraction of sp³-hybridized carbons (Fsp3) is 0.417. The minimum absolute atomic E-state index is 0.271. The molecule has 6 nitrogen and oxygen atoms in total. The lowest BCUT2D eigenvalue weighted by molar-refractivity contribution is 0.0138. The van der Waals surface area contributed by atoms with Gasteiger partial charge >= 0.3 is 12.1 Å². The maximum atomic E-state index is 12.4. The zero-order valence-electron chi connectivity index (χ0n) is 18.5. The second-order valence-electron chi connectivity index (χ2n) is 8.62. The summed E-state index contributed by atoms with van der Waals surface area (Å²) < 4.78 is 10.5. The lowest BCUT2D eigenvalue weighted by Gasteiger charge is -2.35. The normalized spacial score (nSPS) is 14.9. The van der Waals surface area contributed by atoms with E-state index in [2.05, 4.69) is 4.90 Å². The van der Waals surface area contributed by atoms with E-state index in [9.17, 15) is 9.59 Å². The van der Waals surface area contributed by atoms with Crippen LogP contribution in [0.5, 0.6) is 0 Å². The van der Waals surface area contributed by atoms with Crippen LogP contribution in [0.1, 0.15) is 36.7 Å². The third kappa shape index (κ3) is 6.21. The zero-order valence-corrected chi connectivity index (χ0v) is 19.2. The van der Waals surface area contributed by atoms with E-state index in [1.54, 1.807) is 17.0 Å². The van der Waals surface area contributed by atoms with E-state index in [0.29, 0.717) is 30.2 Å². The Morgan fingerprint density at radius 3 is 2.23 bits per heavy atom. The Labute approximate surface area is 188 Å². The van der Waals surface area contributed by atoms with Crippen LogP contribution in [-0.2, 0) is 16.0 Å². The van der Waals surface area contributed by atoms with Crippen molar-refractivity contribution in [2.45, 2.75) is 32.9 Å². The number of nitrogens with zero attached hydrogens (tertiary/aromatic N) is 2. The number of piperazine rings is 1. The number of ether oxygens (including phenoxy) is 2. The Morgan fingerprint density at radius 1 is 1.00 bits per heavy atom. The van der Waals surface area contributed by atoms with E-state index in [1.807, 2.05) is 51.1 Å². The van der Waals surface area contributed by atoms with Gasteiger partial charge < -0.3 is 14.4 Å². The zero-order chi connectivity index (χ0) is 22.6. The molecule has 7 heteroatoms. The van der Waals surface area contributed by atoms with Crippen molar-refractivity contribution in [2.24, 2.45) is 0 Å². The van der Waals surface area contributed by atoms with Crippen molar-refractivity contribution in [1.82, 2.24) is 9.80 Å². The Kier molecular flexibility index (Phi) is 7.23. The Hall–Kier alpha value is -2.57. The van der Waals surface area contributed by atoms with E-state index < -0.39 is 5.60 Å². The van der Waals surface area contributed by atoms with Gasteiger partial charge in [-0.25, -0.2) is 9.59 Å². The number of rotatable bonds is 4. The Morgan fingerprint density at radius 2 is 1.65 bits per heavy atom. The summed E-state index contributed by atoms with van der Waals surface area (Å²) >= 11 is 5.99. The van der Waals surface area contributed by atoms with Gasteiger partial charge in [-0.15, -0.1) is 0 Å². The number of methoxy groups -OCH3 is 1. The molecule has 1 saturated heterocycles. The van der Waals surface area contributed by atoms with E-state index in [-0.39, 0.29) is 12.1 Å². The third-order valence-electron chi connectivity index (χ3n) is 5.07. The van der Waals surface area contributed by atoms with Crippen LogP contribution in [0.25, 0.3) is 11.1 Å². The first kappa shape index (κ1) is 23.1. The van der Waals surface area contributed by atoms with Gasteiger partial charge in [0, 0.05) is 37.7 Å². The number of carbonyl (C=O) groups excluding carboxylic acids is 2. The molecule has 2 aromatic rings. The molecule has 1 fully saturated rings. The van der Waals surface area contributed by atoms with Crippen LogP contribution in [0.15, 0.2) is 42.5 Å². The van der Waals surface area contributed by atoms with Crippen molar-refractivity contribution in [2.75, 3.05) is 33.3 Å². The molecule has 0 N–H and O–H groups in total. The minimum Gasteiger partial charge on any atom is -0.465 e. The molecule has 0 saturated carbocycles. The first-order valence-electron chi connectivity index (χ1n) is 10.3. The molecule has 0 bridgehead atoms. The van der Waals surface area contributed by atoms with Gasteiger partial charge in [0.25, 0.3) is 0 Å². The molecule has 0 atom stereocenters. The van der Waals surface area contributed by atoms with Gasteiger partial charge in [-0.2, -0.15) is 0 Å². The first-order valence-corrected chi connectivity index (χ1v) is 10.7. The number of halogens is 1. The summed E-state index contributed by atoms with van der Waals surface area (Å²) in [5.74, 6) is -0.374. The van der Waals surface area contributed by atoms with E-state index in [4.69, 9.17) is 21.1 Å². The number of hydrogen-bond acceptors (Lipinski definition) is 5. The molecule has 0 radical (unpaired) electrons. The van der Waals surface area contributed by atoms with E-state index in [1.165, 1.54) is 7.11 Å². The second-order valence-corrected chi connectivity index (χ2v) is 9.06. The smallest absolute Gasteiger partial charge is 0.410 e. The number of esters is 1. The third-order valence-corrected chi connectivity index (χ3v) is 5.33. The summed E-state index contributed by atoms with van der Waals surface area (Å²) in [6.45, 7) is 9.00. The van der Waals surface area contributed by atoms with Crippen molar-refractivity contribution < 1.29 is 19.1 Å². The maximum Gasteiger partial charge on any atom is 0.410 e. The van der Waals surface area contributed by atoms with Gasteiger partial charge in [0.15, 0.2) is 0 Å². The number of benzene rings is 2. The molecule has 3 rings (SSSR count). The first-order chi connectivity index (χ1) is 14.7. The van der Waals surface area contributed by atoms with Crippen molar-refractivity contribution in [1.29, 1.82) is 0 Å². The molecule has 166 valence electrons. The van der Waals surface area contributed by atoms with Crippen molar-refractivity contribution >= 4 is 23.7 Å². The summed E-state index contributed by atoms with van der Waals surface area (Å²) in [5.41, 5.74) is 2.76. The molecule has 0 spiro atoms. The van der Waals surface area contributed by atoms with Crippen LogP contribution >= 0.6 is 11.6 Å². The van der Waals surface area contributed by atoms with Gasteiger partial charge in [0.2, 0.25) is 0 Å². The molecule has 31 heavy (non-hydrogen) atoms. The molecule has 1 aliphatic rings. The predicted molar refractivity (Wildman–Crippen MR) is 121 cm³/mol. The predicted octanol–water partition coefficient (Wildman–Crippen LogP) is 4.85. The highest BCUT2D eigenvalue weighted by Crippen LogP contribution is 2.27. The molecular weight excluding hydrogens is 416 g/mol. The molecule has 1 heterocycles. The van der Waals surface area contributed by atoms with Gasteiger partial charge in [-0.1, -0.05) is 35.9 Å². The number of amides is 1. The van der Waals surface area contributed by atoms with E-state index in [0.717, 1.165) is 29.8 Å². The van der Waals surface area contributed by atoms with Crippen molar-refractivity contribution in [3.63, 3.8) is 0 Å². The molecule has 0 aromatic heterocycles. The SMILES string of the molecule is COC(=O)c1cc(CN2CCN(C(=O)OC(C)(C)C)CC2)ccc1-c1ccc(Cl)cc1. The molecule has 1 amide bonds. The number of hydrogen-bond donors (Lipinski definition) is 0. The van der Waals surface area contributed by atoms with Crippen molar-refractivity contribution in [3.05, 3.63) is 58.6 Å². The lowest BCUT2D eigenvalue weighted by atomic mass is 9.97. The molecule has 2 aromatic carbocycles. The average molecular weight is 445 g/mol. The average Bonchev–Trinajstić information content (AvgIpc) is 2.73. The number of carbonyl (C=O) groups is 2. The Balaban J connectivity index is 1.69. The van der Waals surface area contributed by atoms with Crippen LogP contribution in [0.2, 0.25) is 5.02 Å². The van der Waals surface area contributed by atoms with Crippen LogP contribution in [0, 0.1) is 0 Å². The quantitative estimate of drug-likeness (QED) is 0.631. The minimum atomic E-state index is -0.496. The largest absolute Gasteiger partial charge is 0.465 e. The standard InChI is InChI=1S/C24H29ClN2O4/c1-24(2,3)31-23(29)27-13-11-26(12-14-27)16-17-5-10-20(21(15-17)22(28)30-4)18-6-8-19(25)9-7-18/h5-10,15H,11-14,16H2,1-4H3. The van der Waals surface area contributed by atoms with Crippen LogP contribution in [-0.4, -0.2) is 60.8 Å².